The first-order valence-corrected chi connectivity index (χ1v) is 10.0. The molecule has 30 heavy (non-hydrogen) atoms. The fourth-order valence-corrected chi connectivity index (χ4v) is 3.69. The molecular formula is C20H25ClIN7O. The van der Waals surface area contributed by atoms with Crippen LogP contribution in [0.4, 0.5) is 0 Å². The zero-order chi connectivity index (χ0) is 20.2. The molecule has 0 aliphatic carbocycles. The molecule has 160 valence electrons. The predicted molar refractivity (Wildman–Crippen MR) is 127 cm³/mol. The smallest absolute Gasteiger partial charge is 0.228 e. The Hall–Kier alpha value is -2.14. The van der Waals surface area contributed by atoms with Crippen molar-refractivity contribution in [2.75, 3.05) is 26.7 Å². The first kappa shape index (κ1) is 22.5. The summed E-state index contributed by atoms with van der Waals surface area (Å²) in [7, 11) is 3.76. The third-order valence-corrected chi connectivity index (χ3v) is 5.34. The highest BCUT2D eigenvalue weighted by molar-refractivity contribution is 14.0. The van der Waals surface area contributed by atoms with Crippen molar-refractivity contribution >= 4 is 41.5 Å². The average molecular weight is 542 g/mol. The van der Waals surface area contributed by atoms with E-state index >= 15 is 0 Å². The molecule has 0 spiro atoms. The van der Waals surface area contributed by atoms with Gasteiger partial charge in [0.05, 0.1) is 6.20 Å². The van der Waals surface area contributed by atoms with Gasteiger partial charge in [-0.25, -0.2) is 0 Å². The van der Waals surface area contributed by atoms with E-state index in [0.29, 0.717) is 35.6 Å². The van der Waals surface area contributed by atoms with Gasteiger partial charge in [0.2, 0.25) is 11.7 Å². The Morgan fingerprint density at radius 3 is 2.83 bits per heavy atom. The second-order valence-corrected chi connectivity index (χ2v) is 7.56. The van der Waals surface area contributed by atoms with Gasteiger partial charge in [0.15, 0.2) is 5.96 Å². The van der Waals surface area contributed by atoms with Crippen molar-refractivity contribution in [2.45, 2.75) is 18.8 Å². The Morgan fingerprint density at radius 1 is 1.33 bits per heavy atom. The summed E-state index contributed by atoms with van der Waals surface area (Å²) in [6.07, 6.45) is 5.77. The maximum Gasteiger partial charge on any atom is 0.228 e. The second kappa shape index (κ2) is 10.3. The van der Waals surface area contributed by atoms with Gasteiger partial charge in [0.25, 0.3) is 0 Å². The number of nitrogens with one attached hydrogen (secondary N) is 1. The molecule has 3 heterocycles. The van der Waals surface area contributed by atoms with Gasteiger partial charge < -0.3 is 14.7 Å². The maximum absolute atomic E-state index is 5.92. The van der Waals surface area contributed by atoms with Crippen LogP contribution in [-0.4, -0.2) is 57.5 Å². The Balaban J connectivity index is 0.00000256. The summed E-state index contributed by atoms with van der Waals surface area (Å²) < 4.78 is 7.23. The van der Waals surface area contributed by atoms with Gasteiger partial charge in [-0.15, -0.1) is 24.0 Å². The molecule has 0 amide bonds. The lowest BCUT2D eigenvalue weighted by atomic mass is 10.0. The number of aryl methyl sites for hydroxylation is 1. The predicted octanol–water partition coefficient (Wildman–Crippen LogP) is 3.35. The quantitative estimate of drug-likeness (QED) is 0.303. The molecule has 1 unspecified atom stereocenters. The summed E-state index contributed by atoms with van der Waals surface area (Å²) >= 11 is 5.92. The van der Waals surface area contributed by atoms with E-state index in [1.54, 1.807) is 0 Å². The monoisotopic (exact) mass is 541 g/mol. The number of likely N-dealkylation sites (tertiary alicyclic amines) is 1. The normalized spacial score (nSPS) is 16.6. The zero-order valence-electron chi connectivity index (χ0n) is 17.0. The standard InChI is InChI=1S/C20H24ClN7O.HI/c1-22-20(28-10-8-15(13-28)16-11-24-27(2)12-16)23-9-7-18-25-19(26-29-18)14-3-5-17(21)6-4-14;/h3-6,11-12,15H,7-10,13H2,1-2H3,(H,22,23);1H. The Kier molecular flexibility index (Phi) is 7.70. The van der Waals surface area contributed by atoms with Gasteiger partial charge >= 0.3 is 0 Å². The van der Waals surface area contributed by atoms with E-state index in [1.165, 1.54) is 5.56 Å². The van der Waals surface area contributed by atoms with E-state index < -0.39 is 0 Å². The lowest BCUT2D eigenvalue weighted by Gasteiger charge is -2.21. The van der Waals surface area contributed by atoms with Crippen molar-refractivity contribution in [1.82, 2.24) is 30.1 Å². The first-order valence-electron chi connectivity index (χ1n) is 9.65. The lowest BCUT2D eigenvalue weighted by Crippen LogP contribution is -2.40. The number of nitrogens with zero attached hydrogens (tertiary/aromatic N) is 6. The fraction of sp³-hybridized carbons (Fsp3) is 0.400. The van der Waals surface area contributed by atoms with E-state index in [2.05, 4.69) is 36.6 Å². The number of aromatic nitrogens is 4. The van der Waals surface area contributed by atoms with Crippen molar-refractivity contribution in [3.63, 3.8) is 0 Å². The van der Waals surface area contributed by atoms with Crippen LogP contribution >= 0.6 is 35.6 Å². The first-order chi connectivity index (χ1) is 14.1. The molecule has 1 fully saturated rings. The molecule has 8 nitrogen and oxygen atoms in total. The minimum Gasteiger partial charge on any atom is -0.356 e. The van der Waals surface area contributed by atoms with Crippen LogP contribution in [0.25, 0.3) is 11.4 Å². The third kappa shape index (κ3) is 5.31. The number of benzene rings is 1. The van der Waals surface area contributed by atoms with E-state index in [9.17, 15) is 0 Å². The molecule has 0 radical (unpaired) electrons. The van der Waals surface area contributed by atoms with Crippen LogP contribution < -0.4 is 5.32 Å². The summed E-state index contributed by atoms with van der Waals surface area (Å²) in [6.45, 7) is 2.58. The van der Waals surface area contributed by atoms with E-state index in [-0.39, 0.29) is 24.0 Å². The molecule has 1 saturated heterocycles. The summed E-state index contributed by atoms with van der Waals surface area (Å²) in [5.74, 6) is 2.54. The average Bonchev–Trinajstić information content (AvgIpc) is 3.46. The molecule has 4 rings (SSSR count). The van der Waals surface area contributed by atoms with Crippen LogP contribution in [0.2, 0.25) is 5.02 Å². The molecule has 1 aromatic carbocycles. The zero-order valence-corrected chi connectivity index (χ0v) is 20.0. The minimum absolute atomic E-state index is 0. The van der Waals surface area contributed by atoms with Crippen LogP contribution in [0.1, 0.15) is 23.8 Å². The number of rotatable bonds is 5. The van der Waals surface area contributed by atoms with Crippen LogP contribution in [0, 0.1) is 0 Å². The summed E-state index contributed by atoms with van der Waals surface area (Å²) in [4.78, 5) is 11.2. The molecular weight excluding hydrogens is 517 g/mol. The SMILES string of the molecule is CN=C(NCCc1nc(-c2ccc(Cl)cc2)no1)N1CCC(c2cnn(C)c2)C1.I. The van der Waals surface area contributed by atoms with Gasteiger partial charge in [-0.2, -0.15) is 10.1 Å². The largest absolute Gasteiger partial charge is 0.356 e. The molecule has 1 aliphatic rings. The van der Waals surface area contributed by atoms with Crippen LogP contribution in [-0.2, 0) is 13.5 Å². The number of halogens is 2. The molecule has 3 aromatic rings. The molecule has 2 aromatic heterocycles. The van der Waals surface area contributed by atoms with Gasteiger partial charge in [0.1, 0.15) is 0 Å². The van der Waals surface area contributed by atoms with E-state index in [4.69, 9.17) is 16.1 Å². The molecule has 1 atom stereocenters. The molecule has 1 N–H and O–H groups in total. The second-order valence-electron chi connectivity index (χ2n) is 7.12. The highest BCUT2D eigenvalue weighted by atomic mass is 127. The van der Waals surface area contributed by atoms with Crippen LogP contribution in [0.15, 0.2) is 46.2 Å². The van der Waals surface area contributed by atoms with Crippen molar-refractivity contribution in [3.05, 3.63) is 53.1 Å². The molecule has 10 heteroatoms. The maximum atomic E-state index is 5.92. The van der Waals surface area contributed by atoms with Crippen molar-refractivity contribution in [2.24, 2.45) is 12.0 Å². The summed E-state index contributed by atoms with van der Waals surface area (Å²) in [6, 6.07) is 7.38. The third-order valence-electron chi connectivity index (χ3n) is 5.09. The number of hydrogen-bond donors (Lipinski definition) is 1. The van der Waals surface area contributed by atoms with Gasteiger partial charge in [0, 0.05) is 62.9 Å². The number of aliphatic imine (C=N–C) groups is 1. The van der Waals surface area contributed by atoms with Gasteiger partial charge in [-0.05, 0) is 36.2 Å². The van der Waals surface area contributed by atoms with Crippen molar-refractivity contribution in [3.8, 4) is 11.4 Å². The Morgan fingerprint density at radius 2 is 2.13 bits per heavy atom. The Labute approximate surface area is 197 Å². The minimum atomic E-state index is 0. The summed E-state index contributed by atoms with van der Waals surface area (Å²) in [5.41, 5.74) is 2.16. The van der Waals surface area contributed by atoms with Crippen molar-refractivity contribution in [1.29, 1.82) is 0 Å². The van der Waals surface area contributed by atoms with Crippen LogP contribution in [0.3, 0.4) is 0 Å². The lowest BCUT2D eigenvalue weighted by molar-refractivity contribution is 0.377. The van der Waals surface area contributed by atoms with Crippen LogP contribution in [0.5, 0.6) is 0 Å². The highest BCUT2D eigenvalue weighted by Crippen LogP contribution is 2.26. The van der Waals surface area contributed by atoms with E-state index in [1.807, 2.05) is 49.2 Å². The topological polar surface area (TPSA) is 84.4 Å². The van der Waals surface area contributed by atoms with Gasteiger partial charge in [-0.1, -0.05) is 16.8 Å². The van der Waals surface area contributed by atoms with E-state index in [0.717, 1.165) is 31.0 Å². The molecule has 0 saturated carbocycles. The fourth-order valence-electron chi connectivity index (χ4n) is 3.56. The highest BCUT2D eigenvalue weighted by Gasteiger charge is 2.26. The summed E-state index contributed by atoms with van der Waals surface area (Å²) in [5, 5.41) is 12.4. The number of guanidine groups is 1. The molecule has 1 aliphatic heterocycles. The number of hydrogen-bond acceptors (Lipinski definition) is 5. The van der Waals surface area contributed by atoms with Crippen molar-refractivity contribution < 1.29 is 4.52 Å². The van der Waals surface area contributed by atoms with Gasteiger partial charge in [-0.3, -0.25) is 9.67 Å². The molecule has 0 bridgehead atoms. The Bertz CT molecular complexity index is 985.